The van der Waals surface area contributed by atoms with Gasteiger partial charge in [-0.05, 0) is 25.1 Å². The third-order valence-corrected chi connectivity index (χ3v) is 6.61. The molecule has 38 heavy (non-hydrogen) atoms. The van der Waals surface area contributed by atoms with E-state index in [0.29, 0.717) is 38.3 Å². The van der Waals surface area contributed by atoms with Gasteiger partial charge in [0.15, 0.2) is 17.3 Å². The van der Waals surface area contributed by atoms with Gasteiger partial charge in [0.1, 0.15) is 5.82 Å². The van der Waals surface area contributed by atoms with Crippen LogP contribution in [0.5, 0.6) is 0 Å². The Kier molecular flexibility index (Phi) is 8.99. The van der Waals surface area contributed by atoms with Crippen LogP contribution in [0.4, 0.5) is 26.3 Å². The molecule has 1 fully saturated rings. The predicted octanol–water partition coefficient (Wildman–Crippen LogP) is 2.43. The molecule has 210 valence electrons. The highest BCUT2D eigenvalue weighted by atomic mass is 35.5. The van der Waals surface area contributed by atoms with Gasteiger partial charge < -0.3 is 25.0 Å². The topological polar surface area (TPSA) is 87.7 Å². The summed E-state index contributed by atoms with van der Waals surface area (Å²) in [6, 6.07) is 0.0989. The van der Waals surface area contributed by atoms with E-state index in [9.17, 15) is 35.9 Å². The number of amides is 2. The smallest absolute Gasteiger partial charge is 0.335 e. The fraction of sp³-hybridized carbons (Fsp3) is 0.522. The van der Waals surface area contributed by atoms with E-state index >= 15 is 0 Å². The molecular formula is C23H27ClF6N6O2. The number of fused-ring (bicyclic) bond motifs is 1. The minimum absolute atomic E-state index is 0. The Morgan fingerprint density at radius 3 is 2.21 bits per heavy atom. The summed E-state index contributed by atoms with van der Waals surface area (Å²) in [6.45, 7) is 1.20. The number of carbonyl (C=O) groups excluding carboxylic acids is 2. The number of halogens is 7. The molecule has 1 aromatic carbocycles. The first-order valence-corrected chi connectivity index (χ1v) is 11.7. The van der Waals surface area contributed by atoms with E-state index in [1.807, 2.05) is 11.9 Å². The van der Waals surface area contributed by atoms with E-state index in [0.717, 1.165) is 4.57 Å². The molecule has 2 aromatic rings. The Hall–Kier alpha value is -2.84. The maximum absolute atomic E-state index is 13.9. The molecule has 0 bridgehead atoms. The molecular weight excluding hydrogens is 542 g/mol. The summed E-state index contributed by atoms with van der Waals surface area (Å²) in [5.41, 5.74) is 5.39. The molecule has 1 atom stereocenters. The van der Waals surface area contributed by atoms with E-state index in [1.54, 1.807) is 0 Å². The molecule has 2 N–H and O–H groups in total. The molecule has 0 aliphatic carbocycles. The van der Waals surface area contributed by atoms with Crippen molar-refractivity contribution in [1.29, 1.82) is 0 Å². The van der Waals surface area contributed by atoms with Crippen LogP contribution in [-0.2, 0) is 30.5 Å². The van der Waals surface area contributed by atoms with Crippen molar-refractivity contribution in [2.45, 2.75) is 38.1 Å². The van der Waals surface area contributed by atoms with Crippen LogP contribution in [0.25, 0.3) is 0 Å². The number of rotatable bonds is 5. The van der Waals surface area contributed by atoms with Crippen LogP contribution in [0, 0.1) is 17.5 Å². The largest absolute Gasteiger partial charge is 0.449 e. The van der Waals surface area contributed by atoms with Gasteiger partial charge in [-0.25, -0.2) is 18.2 Å². The lowest BCUT2D eigenvalue weighted by Crippen LogP contribution is -2.48. The Balaban J connectivity index is 0.00000400. The molecule has 0 radical (unpaired) electrons. The highest BCUT2D eigenvalue weighted by Crippen LogP contribution is 2.33. The van der Waals surface area contributed by atoms with Crippen LogP contribution in [0.1, 0.15) is 34.0 Å². The lowest BCUT2D eigenvalue weighted by molar-refractivity contribution is -0.148. The number of hydrogen-bond acceptors (Lipinski definition) is 5. The molecule has 0 saturated carbocycles. The molecule has 0 unspecified atom stereocenters. The third kappa shape index (κ3) is 6.24. The standard InChI is InChI=1S/C23H26F6N6O2.ClH/c1-32-2-4-33(5-3-32)21(37)20-18-12-34(6-7-35(18)22(31-20)23(27,28)29)19(36)10-14(30)8-13-9-16(25)17(26)11-15(13)24;/h9,11,14H,2-8,10,12,30H2,1H3;1H/t14-;/m1./s1. The second-order valence-electron chi connectivity index (χ2n) is 9.32. The first kappa shape index (κ1) is 29.7. The average molecular weight is 569 g/mol. The number of imidazole rings is 1. The van der Waals surface area contributed by atoms with Gasteiger partial charge in [0.2, 0.25) is 11.7 Å². The maximum atomic E-state index is 13.9. The monoisotopic (exact) mass is 568 g/mol. The van der Waals surface area contributed by atoms with Gasteiger partial charge in [0.25, 0.3) is 5.91 Å². The van der Waals surface area contributed by atoms with Gasteiger partial charge in [-0.15, -0.1) is 12.4 Å². The van der Waals surface area contributed by atoms with Crippen molar-refractivity contribution in [2.24, 2.45) is 5.73 Å². The second-order valence-corrected chi connectivity index (χ2v) is 9.32. The number of carbonyl (C=O) groups is 2. The van der Waals surface area contributed by atoms with E-state index in [4.69, 9.17) is 5.73 Å². The summed E-state index contributed by atoms with van der Waals surface area (Å²) in [5.74, 6) is -5.97. The lowest BCUT2D eigenvalue weighted by atomic mass is 10.0. The zero-order valence-corrected chi connectivity index (χ0v) is 21.2. The van der Waals surface area contributed by atoms with Gasteiger partial charge in [0.05, 0.1) is 12.2 Å². The van der Waals surface area contributed by atoms with Crippen molar-refractivity contribution in [3.8, 4) is 0 Å². The Bertz CT molecular complexity index is 1200. The van der Waals surface area contributed by atoms with E-state index in [1.165, 1.54) is 9.80 Å². The van der Waals surface area contributed by atoms with Crippen LogP contribution in [0.3, 0.4) is 0 Å². The Morgan fingerprint density at radius 2 is 1.58 bits per heavy atom. The van der Waals surface area contributed by atoms with Crippen molar-refractivity contribution in [3.05, 3.63) is 52.4 Å². The van der Waals surface area contributed by atoms with Crippen LogP contribution < -0.4 is 5.73 Å². The number of benzene rings is 1. The summed E-state index contributed by atoms with van der Waals surface area (Å²) in [6.07, 6.45) is -5.37. The fourth-order valence-corrected chi connectivity index (χ4v) is 4.56. The number of nitrogens with two attached hydrogens (primary N) is 1. The molecule has 2 aliphatic heterocycles. The third-order valence-electron chi connectivity index (χ3n) is 6.61. The lowest BCUT2D eigenvalue weighted by Gasteiger charge is -2.33. The zero-order chi connectivity index (χ0) is 27.1. The molecule has 8 nitrogen and oxygen atoms in total. The van der Waals surface area contributed by atoms with Crippen LogP contribution in [-0.4, -0.2) is 81.9 Å². The second kappa shape index (κ2) is 11.5. The molecule has 1 aromatic heterocycles. The maximum Gasteiger partial charge on any atom is 0.449 e. The SMILES string of the molecule is CN1CCN(C(=O)c2nc(C(F)(F)F)n3c2CN(C(=O)C[C@H](N)Cc2cc(F)c(F)cc2F)CC3)CC1.Cl. The minimum Gasteiger partial charge on any atom is -0.335 e. The summed E-state index contributed by atoms with van der Waals surface area (Å²) in [7, 11) is 1.87. The number of likely N-dealkylation sites (N-methyl/N-ethyl adjacent to an activating group) is 1. The Labute approximate surface area is 220 Å². The summed E-state index contributed by atoms with van der Waals surface area (Å²) >= 11 is 0. The first-order valence-electron chi connectivity index (χ1n) is 11.7. The normalized spacial score (nSPS) is 17.2. The Morgan fingerprint density at radius 1 is 0.974 bits per heavy atom. The summed E-state index contributed by atoms with van der Waals surface area (Å²) in [4.78, 5) is 34.4. The van der Waals surface area contributed by atoms with Crippen LogP contribution >= 0.6 is 12.4 Å². The molecule has 4 rings (SSSR count). The van der Waals surface area contributed by atoms with Crippen LogP contribution in [0.2, 0.25) is 0 Å². The van der Waals surface area contributed by atoms with Gasteiger partial charge in [-0.1, -0.05) is 0 Å². The molecule has 1 saturated heterocycles. The highest BCUT2D eigenvalue weighted by Gasteiger charge is 2.42. The molecule has 15 heteroatoms. The molecule has 2 aliphatic rings. The number of alkyl halides is 3. The zero-order valence-electron chi connectivity index (χ0n) is 20.4. The molecule has 2 amide bonds. The van der Waals surface area contributed by atoms with Crippen molar-refractivity contribution in [2.75, 3.05) is 39.8 Å². The summed E-state index contributed by atoms with van der Waals surface area (Å²) in [5, 5.41) is 0. The van der Waals surface area contributed by atoms with Crippen molar-refractivity contribution in [3.63, 3.8) is 0 Å². The van der Waals surface area contributed by atoms with Gasteiger partial charge in [-0.3, -0.25) is 9.59 Å². The average Bonchev–Trinajstić information content (AvgIpc) is 3.22. The number of nitrogens with zero attached hydrogens (tertiary/aromatic N) is 5. The van der Waals surface area contributed by atoms with E-state index in [-0.39, 0.29) is 61.8 Å². The van der Waals surface area contributed by atoms with E-state index in [2.05, 4.69) is 4.98 Å². The highest BCUT2D eigenvalue weighted by molar-refractivity contribution is 5.94. The molecule has 0 spiro atoms. The number of piperazine rings is 1. The van der Waals surface area contributed by atoms with Gasteiger partial charge >= 0.3 is 6.18 Å². The van der Waals surface area contributed by atoms with Crippen molar-refractivity contribution >= 4 is 24.2 Å². The van der Waals surface area contributed by atoms with Crippen LogP contribution in [0.15, 0.2) is 12.1 Å². The van der Waals surface area contributed by atoms with Crippen molar-refractivity contribution < 1.29 is 35.9 Å². The fourth-order valence-electron chi connectivity index (χ4n) is 4.56. The van der Waals surface area contributed by atoms with Crippen molar-refractivity contribution in [1.82, 2.24) is 24.3 Å². The molecule has 3 heterocycles. The predicted molar refractivity (Wildman–Crippen MR) is 126 cm³/mol. The first-order chi connectivity index (χ1) is 17.3. The minimum atomic E-state index is -4.79. The number of hydrogen-bond donors (Lipinski definition) is 1. The van der Waals surface area contributed by atoms with Gasteiger partial charge in [-0.2, -0.15) is 13.2 Å². The van der Waals surface area contributed by atoms with E-state index < -0.39 is 47.3 Å². The summed E-state index contributed by atoms with van der Waals surface area (Å²) < 4.78 is 82.5. The quantitative estimate of drug-likeness (QED) is 0.442. The number of aromatic nitrogens is 2. The van der Waals surface area contributed by atoms with Gasteiger partial charge in [0, 0.05) is 57.8 Å².